The normalized spacial score (nSPS) is 12.4. The van der Waals surface area contributed by atoms with Gasteiger partial charge in [-0.3, -0.25) is 0 Å². The molecule has 3 aromatic rings. The summed E-state index contributed by atoms with van der Waals surface area (Å²) >= 11 is 4.22. The molecular weight excluding hydrogens is 288 g/mol. The Hall–Kier alpha value is -2.41. The van der Waals surface area contributed by atoms with Crippen LogP contribution >= 0.6 is 12.6 Å². The summed E-state index contributed by atoms with van der Waals surface area (Å²) in [6, 6.07) is 6.64. The summed E-state index contributed by atoms with van der Waals surface area (Å²) < 4.78 is 1.56. The Morgan fingerprint density at radius 1 is 1.29 bits per heavy atom. The molecule has 0 aliphatic carbocycles. The number of carbonyl (C=O) groups is 1. The van der Waals surface area contributed by atoms with E-state index in [-0.39, 0.29) is 0 Å². The minimum Gasteiger partial charge on any atom is -0.480 e. The van der Waals surface area contributed by atoms with Gasteiger partial charge in [0.2, 0.25) is 0 Å². The number of imidazole rings is 1. The lowest BCUT2D eigenvalue weighted by molar-refractivity contribution is -0.140. The van der Waals surface area contributed by atoms with Crippen LogP contribution in [-0.4, -0.2) is 30.6 Å². The van der Waals surface area contributed by atoms with Crippen molar-refractivity contribution < 1.29 is 9.90 Å². The Morgan fingerprint density at radius 3 is 2.76 bits per heavy atom. The molecule has 0 aliphatic heterocycles. The maximum absolute atomic E-state index is 11.6. The lowest BCUT2D eigenvalue weighted by Gasteiger charge is -2.14. The third-order valence-electron chi connectivity index (χ3n) is 3.22. The number of carboxylic acids is 1. The van der Waals surface area contributed by atoms with Crippen molar-refractivity contribution >= 4 is 29.8 Å². The number of hydrogen-bond acceptors (Lipinski definition) is 5. The van der Waals surface area contributed by atoms with Crippen molar-refractivity contribution in [2.45, 2.75) is 17.4 Å². The van der Waals surface area contributed by atoms with E-state index in [1.807, 2.05) is 24.3 Å². The summed E-state index contributed by atoms with van der Waals surface area (Å²) in [5.74, 6) is -0.928. The molecule has 1 aromatic carbocycles. The number of rotatable bonds is 4. The van der Waals surface area contributed by atoms with Crippen molar-refractivity contribution in [3.05, 3.63) is 48.7 Å². The van der Waals surface area contributed by atoms with Crippen molar-refractivity contribution in [2.24, 2.45) is 0 Å². The molecular formula is C14H12N4O2S. The average Bonchev–Trinajstić information content (AvgIpc) is 2.90. The Kier molecular flexibility index (Phi) is 3.57. The van der Waals surface area contributed by atoms with Gasteiger partial charge in [0.15, 0.2) is 5.65 Å². The smallest absolute Gasteiger partial charge is 0.327 e. The fourth-order valence-electron chi connectivity index (χ4n) is 2.17. The monoisotopic (exact) mass is 300 g/mol. The topological polar surface area (TPSA) is 80.9 Å². The van der Waals surface area contributed by atoms with Gasteiger partial charge in [0.25, 0.3) is 0 Å². The summed E-state index contributed by atoms with van der Waals surface area (Å²) in [5.41, 5.74) is 2.01. The van der Waals surface area contributed by atoms with E-state index in [1.54, 1.807) is 10.8 Å². The van der Waals surface area contributed by atoms with Gasteiger partial charge in [0.1, 0.15) is 17.9 Å². The fraction of sp³-hybridized carbons (Fsp3) is 0.143. The third kappa shape index (κ3) is 2.73. The number of benzene rings is 1. The zero-order valence-electron chi connectivity index (χ0n) is 10.9. The molecule has 0 radical (unpaired) electrons. The molecule has 1 N–H and O–H groups in total. The predicted molar refractivity (Wildman–Crippen MR) is 79.4 cm³/mol. The van der Waals surface area contributed by atoms with Crippen LogP contribution in [0, 0.1) is 0 Å². The zero-order chi connectivity index (χ0) is 14.8. The standard InChI is InChI=1S/C14H12N4O2S/c19-14(20)12(5-9-1-3-10(21)4-2-9)18-8-17-11-6-15-7-16-13(11)18/h1-4,6-8,12,21H,5H2,(H,19,20). The van der Waals surface area contributed by atoms with E-state index in [4.69, 9.17) is 0 Å². The fourth-order valence-corrected chi connectivity index (χ4v) is 2.32. The molecule has 106 valence electrons. The van der Waals surface area contributed by atoms with Crippen LogP contribution in [0.4, 0.5) is 0 Å². The number of hydrogen-bond donors (Lipinski definition) is 2. The first-order valence-corrected chi connectivity index (χ1v) is 6.73. The maximum Gasteiger partial charge on any atom is 0.327 e. The molecule has 0 amide bonds. The van der Waals surface area contributed by atoms with Gasteiger partial charge in [0.05, 0.1) is 12.5 Å². The SMILES string of the molecule is O=C(O)C(Cc1ccc(S)cc1)n1cnc2cncnc21. The van der Waals surface area contributed by atoms with Crippen molar-refractivity contribution in [3.8, 4) is 0 Å². The number of carboxylic acid groups (broad SMARTS) is 1. The van der Waals surface area contributed by atoms with Crippen LogP contribution in [0.2, 0.25) is 0 Å². The summed E-state index contributed by atoms with van der Waals surface area (Å²) in [5, 5.41) is 9.51. The Bertz CT molecular complexity index is 785. The molecule has 0 aliphatic rings. The third-order valence-corrected chi connectivity index (χ3v) is 3.52. The average molecular weight is 300 g/mol. The molecule has 0 saturated heterocycles. The van der Waals surface area contributed by atoms with Gasteiger partial charge in [-0.1, -0.05) is 12.1 Å². The van der Waals surface area contributed by atoms with E-state index in [1.165, 1.54) is 12.7 Å². The molecule has 21 heavy (non-hydrogen) atoms. The number of thiol groups is 1. The predicted octanol–water partition coefficient (Wildman–Crippen LogP) is 1.98. The molecule has 7 heteroatoms. The first-order valence-electron chi connectivity index (χ1n) is 6.28. The van der Waals surface area contributed by atoms with Crippen LogP contribution in [-0.2, 0) is 11.2 Å². The summed E-state index contributed by atoms with van der Waals surface area (Å²) in [6.45, 7) is 0. The second-order valence-corrected chi connectivity index (χ2v) is 5.12. The van der Waals surface area contributed by atoms with E-state index < -0.39 is 12.0 Å². The number of fused-ring (bicyclic) bond motifs is 1. The van der Waals surface area contributed by atoms with Crippen molar-refractivity contribution in [1.82, 2.24) is 19.5 Å². The quantitative estimate of drug-likeness (QED) is 0.720. The highest BCUT2D eigenvalue weighted by Gasteiger charge is 2.22. The lowest BCUT2D eigenvalue weighted by Crippen LogP contribution is -2.21. The van der Waals surface area contributed by atoms with E-state index in [0.717, 1.165) is 10.5 Å². The Labute approximate surface area is 125 Å². The Balaban J connectivity index is 1.98. The second-order valence-electron chi connectivity index (χ2n) is 4.61. The van der Waals surface area contributed by atoms with Crippen molar-refractivity contribution in [3.63, 3.8) is 0 Å². The summed E-state index contributed by atoms with van der Waals surface area (Å²) in [6.07, 6.45) is 4.78. The van der Waals surface area contributed by atoms with Gasteiger partial charge in [-0.2, -0.15) is 0 Å². The van der Waals surface area contributed by atoms with Crippen LogP contribution < -0.4 is 0 Å². The van der Waals surface area contributed by atoms with E-state index in [9.17, 15) is 9.90 Å². The summed E-state index contributed by atoms with van der Waals surface area (Å²) in [4.78, 5) is 24.6. The molecule has 6 nitrogen and oxygen atoms in total. The van der Waals surface area contributed by atoms with Crippen LogP contribution in [0.1, 0.15) is 11.6 Å². The molecule has 0 saturated carbocycles. The number of nitrogens with zero attached hydrogens (tertiary/aromatic N) is 4. The van der Waals surface area contributed by atoms with Gasteiger partial charge in [-0.15, -0.1) is 12.6 Å². The van der Waals surface area contributed by atoms with Crippen LogP contribution in [0.3, 0.4) is 0 Å². The van der Waals surface area contributed by atoms with Gasteiger partial charge in [0, 0.05) is 11.3 Å². The molecule has 0 bridgehead atoms. The second kappa shape index (κ2) is 5.53. The maximum atomic E-state index is 11.6. The van der Waals surface area contributed by atoms with E-state index in [0.29, 0.717) is 17.6 Å². The lowest BCUT2D eigenvalue weighted by atomic mass is 10.1. The van der Waals surface area contributed by atoms with E-state index >= 15 is 0 Å². The van der Waals surface area contributed by atoms with Crippen LogP contribution in [0.25, 0.3) is 11.2 Å². The molecule has 0 spiro atoms. The van der Waals surface area contributed by atoms with Gasteiger partial charge < -0.3 is 9.67 Å². The van der Waals surface area contributed by atoms with Gasteiger partial charge in [-0.25, -0.2) is 19.7 Å². The molecule has 2 aromatic heterocycles. The van der Waals surface area contributed by atoms with E-state index in [2.05, 4.69) is 27.6 Å². The van der Waals surface area contributed by atoms with Gasteiger partial charge >= 0.3 is 5.97 Å². The van der Waals surface area contributed by atoms with Crippen molar-refractivity contribution in [1.29, 1.82) is 0 Å². The zero-order valence-corrected chi connectivity index (χ0v) is 11.8. The first kappa shape index (κ1) is 13.6. The van der Waals surface area contributed by atoms with Crippen molar-refractivity contribution in [2.75, 3.05) is 0 Å². The summed E-state index contributed by atoms with van der Waals surface area (Å²) in [7, 11) is 0. The Morgan fingerprint density at radius 2 is 2.05 bits per heavy atom. The molecule has 3 rings (SSSR count). The molecule has 1 unspecified atom stereocenters. The highest BCUT2D eigenvalue weighted by atomic mass is 32.1. The minimum absolute atomic E-state index is 0.346. The molecule has 1 atom stereocenters. The highest BCUT2D eigenvalue weighted by molar-refractivity contribution is 7.80. The van der Waals surface area contributed by atoms with Crippen LogP contribution in [0.15, 0.2) is 48.0 Å². The molecule has 2 heterocycles. The number of aromatic nitrogens is 4. The first-order chi connectivity index (χ1) is 10.1. The molecule has 0 fully saturated rings. The minimum atomic E-state index is -0.928. The van der Waals surface area contributed by atoms with Gasteiger partial charge in [-0.05, 0) is 17.7 Å². The highest BCUT2D eigenvalue weighted by Crippen LogP contribution is 2.20. The number of aliphatic carboxylic acids is 1. The largest absolute Gasteiger partial charge is 0.480 e. The van der Waals surface area contributed by atoms with Crippen LogP contribution in [0.5, 0.6) is 0 Å².